The number of rotatable bonds is 4. The second-order valence-electron chi connectivity index (χ2n) is 4.68. The summed E-state index contributed by atoms with van der Waals surface area (Å²) >= 11 is 0. The molecular weight excluding hydrogens is 212 g/mol. The topological polar surface area (TPSA) is 32.3 Å². The van der Waals surface area contributed by atoms with Gasteiger partial charge in [0.05, 0.1) is 6.04 Å². The van der Waals surface area contributed by atoms with Gasteiger partial charge in [0, 0.05) is 25.2 Å². The zero-order valence-corrected chi connectivity index (χ0v) is 10.6. The molecule has 3 heteroatoms. The number of amides is 1. The maximum atomic E-state index is 12.4. The monoisotopic (exact) mass is 232 g/mol. The van der Waals surface area contributed by atoms with E-state index in [1.54, 1.807) is 0 Å². The van der Waals surface area contributed by atoms with Crippen molar-refractivity contribution in [3.05, 3.63) is 35.4 Å². The van der Waals surface area contributed by atoms with Gasteiger partial charge >= 0.3 is 0 Å². The standard InChI is InChI=1S/C14H20N2O/c1-3-7-16(13-9-15-10-13)14(17)12-6-4-5-11(2)8-12/h4-6,8,13,15H,3,7,9-10H2,1-2H3. The molecule has 2 rings (SSSR count). The van der Waals surface area contributed by atoms with Gasteiger partial charge in [-0.2, -0.15) is 0 Å². The first-order valence-corrected chi connectivity index (χ1v) is 6.30. The molecule has 0 spiro atoms. The summed E-state index contributed by atoms with van der Waals surface area (Å²) in [5.74, 6) is 0.169. The Morgan fingerprint density at radius 2 is 2.24 bits per heavy atom. The van der Waals surface area contributed by atoms with E-state index in [4.69, 9.17) is 0 Å². The lowest BCUT2D eigenvalue weighted by Gasteiger charge is -2.38. The van der Waals surface area contributed by atoms with Crippen molar-refractivity contribution in [2.45, 2.75) is 26.3 Å². The summed E-state index contributed by atoms with van der Waals surface area (Å²) in [6.45, 7) is 6.84. The zero-order chi connectivity index (χ0) is 12.3. The summed E-state index contributed by atoms with van der Waals surface area (Å²) in [5, 5.41) is 3.22. The van der Waals surface area contributed by atoms with E-state index in [0.717, 1.165) is 37.2 Å². The van der Waals surface area contributed by atoms with Crippen LogP contribution in [0, 0.1) is 6.92 Å². The fraction of sp³-hybridized carbons (Fsp3) is 0.500. The molecule has 1 N–H and O–H groups in total. The van der Waals surface area contributed by atoms with Crippen LogP contribution in [0.15, 0.2) is 24.3 Å². The maximum Gasteiger partial charge on any atom is 0.254 e. The summed E-state index contributed by atoms with van der Waals surface area (Å²) in [5.41, 5.74) is 1.95. The highest BCUT2D eigenvalue weighted by Crippen LogP contribution is 2.13. The molecule has 0 aromatic heterocycles. The summed E-state index contributed by atoms with van der Waals surface area (Å²) in [7, 11) is 0. The molecule has 0 aliphatic carbocycles. The highest BCUT2D eigenvalue weighted by atomic mass is 16.2. The van der Waals surface area contributed by atoms with Crippen LogP contribution in [0.2, 0.25) is 0 Å². The summed E-state index contributed by atoms with van der Waals surface area (Å²) < 4.78 is 0. The molecule has 1 aromatic rings. The Morgan fingerprint density at radius 3 is 2.76 bits per heavy atom. The van der Waals surface area contributed by atoms with Crippen molar-refractivity contribution in [2.24, 2.45) is 0 Å². The van der Waals surface area contributed by atoms with E-state index in [1.807, 2.05) is 36.1 Å². The van der Waals surface area contributed by atoms with E-state index in [0.29, 0.717) is 6.04 Å². The third-order valence-corrected chi connectivity index (χ3v) is 3.19. The minimum absolute atomic E-state index is 0.169. The largest absolute Gasteiger partial charge is 0.333 e. The van der Waals surface area contributed by atoms with Gasteiger partial charge in [-0.3, -0.25) is 4.79 Å². The molecule has 0 atom stereocenters. The van der Waals surface area contributed by atoms with Crippen LogP contribution in [0.1, 0.15) is 29.3 Å². The molecule has 0 bridgehead atoms. The summed E-state index contributed by atoms with van der Waals surface area (Å²) in [4.78, 5) is 14.4. The third kappa shape index (κ3) is 2.67. The Labute approximate surface area is 103 Å². The first-order valence-electron chi connectivity index (χ1n) is 6.30. The van der Waals surface area contributed by atoms with Crippen molar-refractivity contribution in [1.82, 2.24) is 10.2 Å². The lowest BCUT2D eigenvalue weighted by molar-refractivity contribution is 0.0615. The molecule has 1 fully saturated rings. The number of hydrogen-bond acceptors (Lipinski definition) is 2. The van der Waals surface area contributed by atoms with Crippen LogP contribution in [0.3, 0.4) is 0 Å². The molecule has 0 unspecified atom stereocenters. The SMILES string of the molecule is CCCN(C(=O)c1cccc(C)c1)C1CNC1. The summed E-state index contributed by atoms with van der Waals surface area (Å²) in [6, 6.07) is 8.22. The highest BCUT2D eigenvalue weighted by molar-refractivity contribution is 5.94. The molecule has 0 saturated carbocycles. The van der Waals surface area contributed by atoms with Crippen LogP contribution < -0.4 is 5.32 Å². The van der Waals surface area contributed by atoms with E-state index in [-0.39, 0.29) is 5.91 Å². The van der Waals surface area contributed by atoms with Gasteiger partial charge < -0.3 is 10.2 Å². The molecular formula is C14H20N2O. The first kappa shape index (κ1) is 12.1. The Morgan fingerprint density at radius 1 is 1.47 bits per heavy atom. The van der Waals surface area contributed by atoms with Gasteiger partial charge in [-0.25, -0.2) is 0 Å². The minimum atomic E-state index is 0.169. The van der Waals surface area contributed by atoms with Crippen LogP contribution >= 0.6 is 0 Å². The zero-order valence-electron chi connectivity index (χ0n) is 10.6. The van der Waals surface area contributed by atoms with E-state index in [9.17, 15) is 4.79 Å². The van der Waals surface area contributed by atoms with Crippen LogP contribution in [-0.2, 0) is 0 Å². The molecule has 1 aliphatic heterocycles. The van der Waals surface area contributed by atoms with Crippen LogP contribution in [0.4, 0.5) is 0 Å². The van der Waals surface area contributed by atoms with Gasteiger partial charge in [-0.15, -0.1) is 0 Å². The van der Waals surface area contributed by atoms with Crippen molar-refractivity contribution in [3.63, 3.8) is 0 Å². The predicted octanol–water partition coefficient (Wildman–Crippen LogP) is 1.82. The van der Waals surface area contributed by atoms with Crippen molar-refractivity contribution < 1.29 is 4.79 Å². The lowest BCUT2D eigenvalue weighted by Crippen LogP contribution is -2.59. The number of carbonyl (C=O) groups excluding carboxylic acids is 1. The smallest absolute Gasteiger partial charge is 0.254 e. The van der Waals surface area contributed by atoms with E-state index in [2.05, 4.69) is 12.2 Å². The van der Waals surface area contributed by atoms with Crippen molar-refractivity contribution in [2.75, 3.05) is 19.6 Å². The molecule has 92 valence electrons. The fourth-order valence-electron chi connectivity index (χ4n) is 2.13. The number of nitrogens with one attached hydrogen (secondary N) is 1. The molecule has 1 heterocycles. The molecule has 1 aliphatic rings. The average Bonchev–Trinajstić information content (AvgIpc) is 2.25. The van der Waals surface area contributed by atoms with Gasteiger partial charge in [0.15, 0.2) is 0 Å². The molecule has 3 nitrogen and oxygen atoms in total. The Balaban J connectivity index is 2.15. The first-order chi connectivity index (χ1) is 8.22. The molecule has 1 aromatic carbocycles. The normalized spacial score (nSPS) is 15.4. The van der Waals surface area contributed by atoms with E-state index in [1.165, 1.54) is 0 Å². The lowest BCUT2D eigenvalue weighted by atomic mass is 10.1. The number of benzene rings is 1. The number of nitrogens with zero attached hydrogens (tertiary/aromatic N) is 1. The van der Waals surface area contributed by atoms with E-state index >= 15 is 0 Å². The molecule has 1 saturated heterocycles. The molecule has 17 heavy (non-hydrogen) atoms. The van der Waals surface area contributed by atoms with Crippen LogP contribution in [0.5, 0.6) is 0 Å². The Bertz CT molecular complexity index is 399. The van der Waals surface area contributed by atoms with Gasteiger partial charge in [0.2, 0.25) is 0 Å². The van der Waals surface area contributed by atoms with Gasteiger partial charge in [0.25, 0.3) is 5.91 Å². The van der Waals surface area contributed by atoms with E-state index < -0.39 is 0 Å². The second-order valence-corrected chi connectivity index (χ2v) is 4.68. The fourth-order valence-corrected chi connectivity index (χ4v) is 2.13. The highest BCUT2D eigenvalue weighted by Gasteiger charge is 2.28. The average molecular weight is 232 g/mol. The second kappa shape index (κ2) is 5.32. The minimum Gasteiger partial charge on any atom is -0.333 e. The number of carbonyl (C=O) groups is 1. The van der Waals surface area contributed by atoms with Crippen molar-refractivity contribution in [1.29, 1.82) is 0 Å². The third-order valence-electron chi connectivity index (χ3n) is 3.19. The van der Waals surface area contributed by atoms with Gasteiger partial charge in [0.1, 0.15) is 0 Å². The number of hydrogen-bond donors (Lipinski definition) is 1. The van der Waals surface area contributed by atoms with Gasteiger partial charge in [-0.1, -0.05) is 24.6 Å². The quantitative estimate of drug-likeness (QED) is 0.859. The van der Waals surface area contributed by atoms with Crippen LogP contribution in [0.25, 0.3) is 0 Å². The maximum absolute atomic E-state index is 12.4. The Hall–Kier alpha value is -1.35. The van der Waals surface area contributed by atoms with Crippen molar-refractivity contribution in [3.8, 4) is 0 Å². The molecule has 1 amide bonds. The number of aryl methyl sites for hydroxylation is 1. The van der Waals surface area contributed by atoms with Crippen molar-refractivity contribution >= 4 is 5.91 Å². The predicted molar refractivity (Wildman–Crippen MR) is 69.2 cm³/mol. The molecule has 0 radical (unpaired) electrons. The Kier molecular flexibility index (Phi) is 3.79. The van der Waals surface area contributed by atoms with Crippen LogP contribution in [-0.4, -0.2) is 36.5 Å². The van der Waals surface area contributed by atoms with Gasteiger partial charge in [-0.05, 0) is 25.5 Å². The summed E-state index contributed by atoms with van der Waals surface area (Å²) in [6.07, 6.45) is 1.01.